The number of hydrogen-bond donors (Lipinski definition) is 2. The van der Waals surface area contributed by atoms with Crippen LogP contribution in [0.3, 0.4) is 0 Å². The molecule has 0 amide bonds. The molecular formula is C10H20N2O2. The number of nitrogens with one attached hydrogen (secondary N) is 1. The van der Waals surface area contributed by atoms with Gasteiger partial charge in [-0.3, -0.25) is 11.3 Å². The summed E-state index contributed by atoms with van der Waals surface area (Å²) < 4.78 is 10.9. The Bertz CT molecular complexity index is 166. The zero-order valence-electron chi connectivity index (χ0n) is 8.58. The van der Waals surface area contributed by atoms with Crippen molar-refractivity contribution in [1.82, 2.24) is 5.43 Å². The van der Waals surface area contributed by atoms with Crippen LogP contribution < -0.4 is 11.3 Å². The first-order valence-corrected chi connectivity index (χ1v) is 5.53. The van der Waals surface area contributed by atoms with Crippen molar-refractivity contribution in [3.63, 3.8) is 0 Å². The second-order valence-electron chi connectivity index (χ2n) is 4.29. The van der Waals surface area contributed by atoms with E-state index in [1.54, 1.807) is 0 Å². The van der Waals surface area contributed by atoms with Gasteiger partial charge in [-0.15, -0.1) is 0 Å². The molecule has 2 saturated heterocycles. The van der Waals surface area contributed by atoms with E-state index in [0.29, 0.717) is 17.9 Å². The highest BCUT2D eigenvalue weighted by atomic mass is 16.5. The molecule has 3 atom stereocenters. The Morgan fingerprint density at radius 2 is 1.79 bits per heavy atom. The highest BCUT2D eigenvalue weighted by Gasteiger charge is 2.32. The maximum Gasteiger partial charge on any atom is 0.0510 e. The molecule has 14 heavy (non-hydrogen) atoms. The third-order valence-corrected chi connectivity index (χ3v) is 3.37. The molecule has 2 heterocycles. The zero-order valence-corrected chi connectivity index (χ0v) is 8.58. The highest BCUT2D eigenvalue weighted by Crippen LogP contribution is 2.26. The molecule has 4 nitrogen and oxygen atoms in total. The molecule has 3 N–H and O–H groups in total. The summed E-state index contributed by atoms with van der Waals surface area (Å²) in [6.45, 7) is 3.50. The molecular weight excluding hydrogens is 180 g/mol. The third-order valence-electron chi connectivity index (χ3n) is 3.37. The summed E-state index contributed by atoms with van der Waals surface area (Å²) in [7, 11) is 0. The minimum Gasteiger partial charge on any atom is -0.381 e. The molecule has 2 aliphatic heterocycles. The van der Waals surface area contributed by atoms with Gasteiger partial charge >= 0.3 is 0 Å². The fraction of sp³-hybridized carbons (Fsp3) is 1.00. The van der Waals surface area contributed by atoms with Gasteiger partial charge in [-0.2, -0.15) is 0 Å². The van der Waals surface area contributed by atoms with Crippen molar-refractivity contribution in [3.05, 3.63) is 0 Å². The Labute approximate surface area is 85.1 Å². The quantitative estimate of drug-likeness (QED) is 0.507. The maximum atomic E-state index is 5.62. The standard InChI is InChI=1S/C10H20N2O2/c11-12-10(9-3-5-14-7-9)8-2-1-4-13-6-8/h8-10,12H,1-7,11H2. The third kappa shape index (κ3) is 2.25. The Balaban J connectivity index is 1.89. The molecule has 0 radical (unpaired) electrons. The molecule has 0 saturated carbocycles. The van der Waals surface area contributed by atoms with Gasteiger partial charge in [0.25, 0.3) is 0 Å². The van der Waals surface area contributed by atoms with Crippen LogP contribution in [-0.4, -0.2) is 32.5 Å². The lowest BCUT2D eigenvalue weighted by Gasteiger charge is -2.32. The number of nitrogens with two attached hydrogens (primary N) is 1. The van der Waals surface area contributed by atoms with Crippen LogP contribution in [0, 0.1) is 11.8 Å². The number of ether oxygens (including phenoxy) is 2. The Hall–Kier alpha value is -0.160. The number of hydrazine groups is 1. The van der Waals surface area contributed by atoms with Gasteiger partial charge < -0.3 is 9.47 Å². The van der Waals surface area contributed by atoms with Gasteiger partial charge in [-0.05, 0) is 25.2 Å². The molecule has 0 aliphatic carbocycles. The van der Waals surface area contributed by atoms with Crippen molar-refractivity contribution >= 4 is 0 Å². The molecule has 2 rings (SSSR count). The van der Waals surface area contributed by atoms with E-state index in [0.717, 1.165) is 39.3 Å². The highest BCUT2D eigenvalue weighted by molar-refractivity contribution is 4.84. The summed E-state index contributed by atoms with van der Waals surface area (Å²) in [6.07, 6.45) is 3.52. The van der Waals surface area contributed by atoms with Crippen LogP contribution in [0.1, 0.15) is 19.3 Å². The first-order chi connectivity index (χ1) is 6.92. The second kappa shape index (κ2) is 5.07. The summed E-state index contributed by atoms with van der Waals surface area (Å²) in [5.74, 6) is 6.77. The fourth-order valence-corrected chi connectivity index (χ4v) is 2.54. The summed E-state index contributed by atoms with van der Waals surface area (Å²) in [6, 6.07) is 0.373. The van der Waals surface area contributed by atoms with Crippen LogP contribution in [-0.2, 0) is 9.47 Å². The van der Waals surface area contributed by atoms with Crippen molar-refractivity contribution < 1.29 is 9.47 Å². The molecule has 4 heteroatoms. The van der Waals surface area contributed by atoms with E-state index < -0.39 is 0 Å². The van der Waals surface area contributed by atoms with Gasteiger partial charge in [0.05, 0.1) is 13.2 Å². The largest absolute Gasteiger partial charge is 0.381 e. The van der Waals surface area contributed by atoms with Gasteiger partial charge in [-0.25, -0.2) is 0 Å². The van der Waals surface area contributed by atoms with Gasteiger partial charge in [0.15, 0.2) is 0 Å². The summed E-state index contributed by atoms with van der Waals surface area (Å²) in [5.41, 5.74) is 2.95. The molecule has 3 unspecified atom stereocenters. The normalized spacial score (nSPS) is 35.8. The van der Waals surface area contributed by atoms with E-state index >= 15 is 0 Å². The minimum absolute atomic E-state index is 0.373. The van der Waals surface area contributed by atoms with Crippen LogP contribution in [0.5, 0.6) is 0 Å². The predicted octanol–water partition coefficient (Wildman–Crippen LogP) is 0.281. The van der Waals surface area contributed by atoms with Crippen molar-refractivity contribution in [3.8, 4) is 0 Å². The smallest absolute Gasteiger partial charge is 0.0510 e. The van der Waals surface area contributed by atoms with E-state index in [1.165, 1.54) is 6.42 Å². The average Bonchev–Trinajstić information content (AvgIpc) is 2.74. The molecule has 2 aliphatic rings. The van der Waals surface area contributed by atoms with Crippen LogP contribution >= 0.6 is 0 Å². The molecule has 0 aromatic rings. The van der Waals surface area contributed by atoms with Crippen LogP contribution in [0.2, 0.25) is 0 Å². The Kier molecular flexibility index (Phi) is 3.75. The van der Waals surface area contributed by atoms with Gasteiger partial charge in [0.2, 0.25) is 0 Å². The second-order valence-corrected chi connectivity index (χ2v) is 4.29. The van der Waals surface area contributed by atoms with Crippen molar-refractivity contribution in [2.24, 2.45) is 17.7 Å². The van der Waals surface area contributed by atoms with Gasteiger partial charge in [0, 0.05) is 25.2 Å². The topological polar surface area (TPSA) is 56.5 Å². The van der Waals surface area contributed by atoms with Crippen molar-refractivity contribution in [1.29, 1.82) is 0 Å². The minimum atomic E-state index is 0.373. The lowest BCUT2D eigenvalue weighted by atomic mass is 9.85. The van der Waals surface area contributed by atoms with E-state index in [-0.39, 0.29) is 0 Å². The molecule has 82 valence electrons. The molecule has 0 bridgehead atoms. The first-order valence-electron chi connectivity index (χ1n) is 5.53. The van der Waals surface area contributed by atoms with Crippen molar-refractivity contribution in [2.75, 3.05) is 26.4 Å². The molecule has 0 aromatic carbocycles. The summed E-state index contributed by atoms with van der Waals surface area (Å²) >= 11 is 0. The number of rotatable bonds is 3. The van der Waals surface area contributed by atoms with E-state index in [2.05, 4.69) is 5.43 Å². The maximum absolute atomic E-state index is 5.62. The van der Waals surface area contributed by atoms with Crippen LogP contribution in [0.25, 0.3) is 0 Å². The van der Waals surface area contributed by atoms with Crippen LogP contribution in [0.4, 0.5) is 0 Å². The lowest BCUT2D eigenvalue weighted by Crippen LogP contribution is -2.48. The van der Waals surface area contributed by atoms with Gasteiger partial charge in [0.1, 0.15) is 0 Å². The summed E-state index contributed by atoms with van der Waals surface area (Å²) in [5, 5.41) is 0. The number of hydrogen-bond acceptors (Lipinski definition) is 4. The van der Waals surface area contributed by atoms with Crippen molar-refractivity contribution in [2.45, 2.75) is 25.3 Å². The van der Waals surface area contributed by atoms with E-state index in [4.69, 9.17) is 15.3 Å². The predicted molar refractivity (Wildman–Crippen MR) is 53.6 cm³/mol. The summed E-state index contributed by atoms with van der Waals surface area (Å²) in [4.78, 5) is 0. The van der Waals surface area contributed by atoms with E-state index in [9.17, 15) is 0 Å². The van der Waals surface area contributed by atoms with E-state index in [1.807, 2.05) is 0 Å². The fourth-order valence-electron chi connectivity index (χ4n) is 2.54. The lowest BCUT2D eigenvalue weighted by molar-refractivity contribution is 0.0271. The monoisotopic (exact) mass is 200 g/mol. The Morgan fingerprint density at radius 1 is 1.07 bits per heavy atom. The molecule has 0 spiro atoms. The SMILES string of the molecule is NNC(C1CCCOC1)C1CCOC1. The Morgan fingerprint density at radius 3 is 2.36 bits per heavy atom. The molecule has 0 aromatic heterocycles. The average molecular weight is 200 g/mol. The van der Waals surface area contributed by atoms with Crippen LogP contribution in [0.15, 0.2) is 0 Å². The zero-order chi connectivity index (χ0) is 9.80. The first kappa shape index (κ1) is 10.4. The van der Waals surface area contributed by atoms with Gasteiger partial charge in [-0.1, -0.05) is 0 Å². The molecule has 2 fully saturated rings.